The Balaban J connectivity index is 1.81. The molecule has 0 aliphatic rings. The average molecular weight is 543 g/mol. The summed E-state index contributed by atoms with van der Waals surface area (Å²) in [6, 6.07) is 48.4. The fourth-order valence-electron chi connectivity index (χ4n) is 6.11. The Hall–Kier alpha value is -4.33. The summed E-state index contributed by atoms with van der Waals surface area (Å²) in [5, 5.41) is 5.26. The molecule has 0 fully saturated rings. The van der Waals surface area contributed by atoms with Gasteiger partial charge in [-0.1, -0.05) is 78.9 Å². The number of para-hydroxylation sites is 1. The largest absolute Gasteiger partial charge is 0.493 e. The van der Waals surface area contributed by atoms with E-state index in [0.29, 0.717) is 0 Å². The number of ether oxygens (including phenoxy) is 2. The van der Waals surface area contributed by atoms with Gasteiger partial charge in [0.2, 0.25) is 0 Å². The summed E-state index contributed by atoms with van der Waals surface area (Å²) in [4.78, 5) is 0. The van der Waals surface area contributed by atoms with E-state index < -0.39 is 7.26 Å². The van der Waals surface area contributed by atoms with Gasteiger partial charge >= 0.3 is 0 Å². The van der Waals surface area contributed by atoms with E-state index in [1.165, 1.54) is 37.9 Å². The van der Waals surface area contributed by atoms with Crippen molar-refractivity contribution in [1.29, 1.82) is 0 Å². The first kappa shape index (κ1) is 25.9. The molecule has 0 saturated heterocycles. The van der Waals surface area contributed by atoms with Gasteiger partial charge in [-0.2, -0.15) is 0 Å². The molecule has 1 heterocycles. The van der Waals surface area contributed by atoms with E-state index in [9.17, 15) is 0 Å². The van der Waals surface area contributed by atoms with Crippen molar-refractivity contribution in [1.82, 2.24) is 4.57 Å². The number of methoxy groups -OCH3 is 2. The van der Waals surface area contributed by atoms with Crippen LogP contribution in [0.4, 0.5) is 0 Å². The third-order valence-corrected chi connectivity index (χ3v) is 12.5. The van der Waals surface area contributed by atoms with Gasteiger partial charge in [-0.15, -0.1) is 0 Å². The first-order valence-corrected chi connectivity index (χ1v) is 15.4. The summed E-state index contributed by atoms with van der Waals surface area (Å²) in [6.07, 6.45) is 2.33. The van der Waals surface area contributed by atoms with Gasteiger partial charge in [0, 0.05) is 35.3 Å². The molecule has 6 rings (SSSR count). The summed E-state index contributed by atoms with van der Waals surface area (Å²) in [5.41, 5.74) is 3.72. The third-order valence-electron chi connectivity index (χ3n) is 7.82. The quantitative estimate of drug-likeness (QED) is 0.189. The smallest absolute Gasteiger partial charge is 0.161 e. The van der Waals surface area contributed by atoms with Crippen LogP contribution in [0, 0.1) is 0 Å². The molecule has 4 heteroatoms. The predicted octanol–water partition coefficient (Wildman–Crippen LogP) is 7.28. The monoisotopic (exact) mass is 542 g/mol. The second kappa shape index (κ2) is 11.0. The maximum absolute atomic E-state index is 5.87. The zero-order chi connectivity index (χ0) is 27.5. The van der Waals surface area contributed by atoms with E-state index in [0.717, 1.165) is 11.5 Å². The van der Waals surface area contributed by atoms with Crippen LogP contribution >= 0.6 is 7.26 Å². The maximum atomic E-state index is 5.87. The van der Waals surface area contributed by atoms with Gasteiger partial charge in [0.15, 0.2) is 11.5 Å². The lowest BCUT2D eigenvalue weighted by atomic mass is 10.0. The van der Waals surface area contributed by atoms with Crippen LogP contribution in [0.25, 0.3) is 10.9 Å². The zero-order valence-corrected chi connectivity index (χ0v) is 24.0. The highest BCUT2D eigenvalue weighted by Gasteiger charge is 2.54. The van der Waals surface area contributed by atoms with Crippen molar-refractivity contribution in [3.05, 3.63) is 151 Å². The van der Waals surface area contributed by atoms with Crippen LogP contribution in [0.5, 0.6) is 11.5 Å². The van der Waals surface area contributed by atoms with E-state index >= 15 is 0 Å². The lowest BCUT2D eigenvalue weighted by Gasteiger charge is -2.35. The lowest BCUT2D eigenvalue weighted by Crippen LogP contribution is -2.35. The summed E-state index contributed by atoms with van der Waals surface area (Å²) in [6.45, 7) is 0. The molecule has 0 bridgehead atoms. The maximum Gasteiger partial charge on any atom is 0.161 e. The van der Waals surface area contributed by atoms with Crippen LogP contribution in [0.1, 0.15) is 16.8 Å². The Morgan fingerprint density at radius 1 is 0.575 bits per heavy atom. The fraction of sp³-hybridized carbons (Fsp3) is 0.111. The molecule has 198 valence electrons. The SMILES string of the molecule is COc1ccc(C(c2cn(C)c3ccccc23)[P+](c2ccccc2)(c2ccccc2)c2ccccc2)cc1OC. The molecule has 3 nitrogen and oxygen atoms in total. The number of benzene rings is 5. The average Bonchev–Trinajstić information content (AvgIpc) is 3.36. The van der Waals surface area contributed by atoms with Crippen LogP contribution < -0.4 is 25.4 Å². The lowest BCUT2D eigenvalue weighted by molar-refractivity contribution is 0.354. The Bertz CT molecular complexity index is 1630. The summed E-state index contributed by atoms with van der Waals surface area (Å²) < 4.78 is 13.8. The number of hydrogen-bond acceptors (Lipinski definition) is 2. The molecule has 0 amide bonds. The van der Waals surface area contributed by atoms with Gasteiger partial charge in [0.1, 0.15) is 28.8 Å². The van der Waals surface area contributed by atoms with Gasteiger partial charge in [0.05, 0.1) is 14.2 Å². The molecule has 0 aliphatic carbocycles. The molecule has 0 aliphatic heterocycles. The highest BCUT2D eigenvalue weighted by molar-refractivity contribution is 7.96. The molecule has 1 unspecified atom stereocenters. The minimum Gasteiger partial charge on any atom is -0.493 e. The standard InChI is InChI=1S/C36H33NO2P/c1-37-26-32(31-21-13-14-22-33(31)37)36(27-23-24-34(38-2)35(25-27)39-3)40(28-15-7-4-8-16-28,29-17-9-5-10-18-29)30-19-11-6-12-20-30/h4-26,36H,1-3H3/q+1. The van der Waals surface area contributed by atoms with Gasteiger partial charge in [-0.25, -0.2) is 0 Å². The number of aromatic nitrogens is 1. The topological polar surface area (TPSA) is 23.4 Å². The molecule has 6 aromatic rings. The molecule has 5 aromatic carbocycles. The first-order valence-electron chi connectivity index (χ1n) is 13.5. The fourth-order valence-corrected chi connectivity index (χ4v) is 11.1. The van der Waals surface area contributed by atoms with Crippen molar-refractivity contribution < 1.29 is 9.47 Å². The summed E-state index contributed by atoms with van der Waals surface area (Å²) in [5.74, 6) is 1.46. The van der Waals surface area contributed by atoms with Crippen molar-refractivity contribution in [2.45, 2.75) is 5.66 Å². The van der Waals surface area contributed by atoms with Gasteiger partial charge in [-0.05, 0) is 54.6 Å². The molecular weight excluding hydrogens is 509 g/mol. The van der Waals surface area contributed by atoms with Crippen molar-refractivity contribution in [2.75, 3.05) is 14.2 Å². The summed E-state index contributed by atoms with van der Waals surface area (Å²) in [7, 11) is 3.18. The van der Waals surface area contributed by atoms with Crippen molar-refractivity contribution in [3.8, 4) is 11.5 Å². The molecule has 40 heavy (non-hydrogen) atoms. The van der Waals surface area contributed by atoms with Crippen LogP contribution in [0.3, 0.4) is 0 Å². The van der Waals surface area contributed by atoms with Gasteiger partial charge < -0.3 is 14.0 Å². The second-order valence-corrected chi connectivity index (χ2v) is 13.5. The van der Waals surface area contributed by atoms with Crippen LogP contribution in [-0.2, 0) is 7.05 Å². The van der Waals surface area contributed by atoms with E-state index in [-0.39, 0.29) is 5.66 Å². The van der Waals surface area contributed by atoms with Gasteiger partial charge in [-0.3, -0.25) is 0 Å². The van der Waals surface area contributed by atoms with E-state index in [1.54, 1.807) is 14.2 Å². The Kier molecular flexibility index (Phi) is 7.15. The minimum absolute atomic E-state index is 0.00519. The molecule has 1 atom stereocenters. The highest BCUT2D eigenvalue weighted by atomic mass is 31.2. The number of aryl methyl sites for hydroxylation is 1. The Labute approximate surface area is 237 Å². The van der Waals surface area contributed by atoms with Crippen LogP contribution in [0.2, 0.25) is 0 Å². The zero-order valence-electron chi connectivity index (χ0n) is 23.1. The molecular formula is C36H33NO2P+. The number of hydrogen-bond donors (Lipinski definition) is 0. The van der Waals surface area contributed by atoms with Gasteiger partial charge in [0.25, 0.3) is 0 Å². The molecule has 0 radical (unpaired) electrons. The van der Waals surface area contributed by atoms with Crippen LogP contribution in [0.15, 0.2) is 140 Å². The molecule has 0 saturated carbocycles. The van der Waals surface area contributed by atoms with E-state index in [4.69, 9.17) is 9.47 Å². The number of fused-ring (bicyclic) bond motifs is 1. The van der Waals surface area contributed by atoms with Crippen LogP contribution in [-0.4, -0.2) is 18.8 Å². The normalized spacial score (nSPS) is 12.3. The molecule has 1 aromatic heterocycles. The van der Waals surface area contributed by atoms with E-state index in [1.807, 2.05) is 6.07 Å². The van der Waals surface area contributed by atoms with Crippen molar-refractivity contribution in [3.63, 3.8) is 0 Å². The minimum atomic E-state index is -2.36. The molecule has 0 N–H and O–H groups in total. The number of rotatable bonds is 8. The third kappa shape index (κ3) is 4.28. The first-order chi connectivity index (χ1) is 19.7. The molecule has 0 spiro atoms. The number of nitrogens with zero attached hydrogens (tertiary/aromatic N) is 1. The highest BCUT2D eigenvalue weighted by Crippen LogP contribution is 2.69. The Morgan fingerprint density at radius 3 is 1.60 bits per heavy atom. The second-order valence-electron chi connectivity index (χ2n) is 9.96. The Morgan fingerprint density at radius 2 is 1.07 bits per heavy atom. The van der Waals surface area contributed by atoms with Crippen molar-refractivity contribution >= 4 is 34.1 Å². The summed E-state index contributed by atoms with van der Waals surface area (Å²) >= 11 is 0. The van der Waals surface area contributed by atoms with E-state index in [2.05, 4.69) is 145 Å². The predicted molar refractivity (Wildman–Crippen MR) is 169 cm³/mol. The van der Waals surface area contributed by atoms with Crippen molar-refractivity contribution in [2.24, 2.45) is 7.05 Å².